The average Bonchev–Trinajstić information content (AvgIpc) is 2.43. The fourth-order valence-corrected chi connectivity index (χ4v) is 4.41. The Kier molecular flexibility index (Phi) is 3.32. The van der Waals surface area contributed by atoms with E-state index in [4.69, 9.17) is 0 Å². The van der Waals surface area contributed by atoms with E-state index < -0.39 is 5.60 Å². The zero-order valence-corrected chi connectivity index (χ0v) is 11.9. The standard InChI is InChI=1S/C11H22IN2O/c1-11(15)7-10(8-12)14(9-11)5-3-13(2)4-6-14/h10,15H,3-9H2,1-2H3/q+1/t10-,11-/m1/s1. The van der Waals surface area contributed by atoms with Crippen LogP contribution in [-0.4, -0.2) is 70.3 Å². The van der Waals surface area contributed by atoms with Crippen molar-refractivity contribution in [3.8, 4) is 0 Å². The summed E-state index contributed by atoms with van der Waals surface area (Å²) >= 11 is 2.48. The lowest BCUT2D eigenvalue weighted by Gasteiger charge is -2.45. The van der Waals surface area contributed by atoms with Crippen LogP contribution >= 0.6 is 22.6 Å². The van der Waals surface area contributed by atoms with Crippen molar-refractivity contribution in [2.45, 2.75) is 25.0 Å². The van der Waals surface area contributed by atoms with Crippen LogP contribution in [0, 0.1) is 0 Å². The van der Waals surface area contributed by atoms with E-state index in [0.29, 0.717) is 6.04 Å². The second-order valence-corrected chi connectivity index (χ2v) is 6.52. The molecule has 15 heavy (non-hydrogen) atoms. The predicted molar refractivity (Wildman–Crippen MR) is 70.3 cm³/mol. The van der Waals surface area contributed by atoms with Crippen LogP contribution in [0.4, 0.5) is 0 Å². The summed E-state index contributed by atoms with van der Waals surface area (Å²) in [5.74, 6) is 0. The highest BCUT2D eigenvalue weighted by Crippen LogP contribution is 2.36. The normalized spacial score (nSPS) is 41.2. The molecule has 0 radical (unpaired) electrons. The average molecular weight is 325 g/mol. The molecule has 2 fully saturated rings. The Hall–Kier alpha value is 0.610. The van der Waals surface area contributed by atoms with E-state index in [1.807, 2.05) is 6.92 Å². The highest BCUT2D eigenvalue weighted by atomic mass is 127. The topological polar surface area (TPSA) is 23.5 Å². The molecule has 2 aliphatic heterocycles. The summed E-state index contributed by atoms with van der Waals surface area (Å²) in [6, 6.07) is 0.675. The summed E-state index contributed by atoms with van der Waals surface area (Å²) in [6.45, 7) is 7.79. The smallest absolute Gasteiger partial charge is 0.116 e. The van der Waals surface area contributed by atoms with Gasteiger partial charge in [-0.05, 0) is 14.0 Å². The monoisotopic (exact) mass is 325 g/mol. The molecule has 0 aromatic carbocycles. The van der Waals surface area contributed by atoms with Crippen LogP contribution in [-0.2, 0) is 0 Å². The van der Waals surface area contributed by atoms with Gasteiger partial charge in [-0.1, -0.05) is 22.6 Å². The highest BCUT2D eigenvalue weighted by molar-refractivity contribution is 14.1. The van der Waals surface area contributed by atoms with Crippen LogP contribution in [0.5, 0.6) is 0 Å². The van der Waals surface area contributed by atoms with Crippen molar-refractivity contribution >= 4 is 22.6 Å². The molecule has 88 valence electrons. The Morgan fingerprint density at radius 1 is 1.47 bits per heavy atom. The van der Waals surface area contributed by atoms with Crippen molar-refractivity contribution in [1.29, 1.82) is 0 Å². The maximum atomic E-state index is 10.2. The molecular weight excluding hydrogens is 303 g/mol. The van der Waals surface area contributed by atoms with Gasteiger partial charge in [0.2, 0.25) is 0 Å². The fourth-order valence-electron chi connectivity index (χ4n) is 3.26. The van der Waals surface area contributed by atoms with Gasteiger partial charge in [0.05, 0.1) is 17.5 Å². The molecule has 4 heteroatoms. The Balaban J connectivity index is 2.12. The van der Waals surface area contributed by atoms with Gasteiger partial charge >= 0.3 is 0 Å². The van der Waals surface area contributed by atoms with Gasteiger partial charge in [0, 0.05) is 19.5 Å². The molecule has 1 N–H and O–H groups in total. The molecule has 2 rings (SSSR count). The van der Waals surface area contributed by atoms with Crippen molar-refractivity contribution in [3.63, 3.8) is 0 Å². The maximum absolute atomic E-state index is 10.2. The summed E-state index contributed by atoms with van der Waals surface area (Å²) < 4.78 is 2.35. The number of aliphatic hydroxyl groups is 1. The highest BCUT2D eigenvalue weighted by Gasteiger charge is 2.52. The first-order valence-corrected chi connectivity index (χ1v) is 7.33. The third-order valence-corrected chi connectivity index (χ3v) is 5.15. The molecular formula is C11H22IN2O+. The SMILES string of the molecule is CN1CC[N+]2(CC1)C[C@](C)(O)C[C@@H]2CI. The Morgan fingerprint density at radius 2 is 2.07 bits per heavy atom. The molecule has 0 saturated carbocycles. The number of rotatable bonds is 1. The first-order chi connectivity index (χ1) is 6.97. The number of alkyl halides is 1. The number of quaternary nitrogens is 1. The van der Waals surface area contributed by atoms with Crippen LogP contribution in [0.15, 0.2) is 0 Å². The van der Waals surface area contributed by atoms with E-state index >= 15 is 0 Å². The summed E-state index contributed by atoms with van der Waals surface area (Å²) in [7, 11) is 2.20. The molecule has 0 bridgehead atoms. The number of piperazine rings is 1. The second-order valence-electron chi connectivity index (χ2n) is 5.64. The molecule has 3 nitrogen and oxygen atoms in total. The number of halogens is 1. The number of likely N-dealkylation sites (N-methyl/N-ethyl adjacent to an activating group) is 1. The zero-order valence-electron chi connectivity index (χ0n) is 9.75. The molecule has 0 aromatic rings. The van der Waals surface area contributed by atoms with Gasteiger partial charge in [0.15, 0.2) is 0 Å². The zero-order chi connectivity index (χ0) is 11.1. The third kappa shape index (κ3) is 2.33. The summed E-state index contributed by atoms with van der Waals surface area (Å²) in [5.41, 5.74) is -0.425. The maximum Gasteiger partial charge on any atom is 0.116 e. The van der Waals surface area contributed by atoms with E-state index in [1.54, 1.807) is 0 Å². The van der Waals surface area contributed by atoms with Gasteiger partial charge in [0.25, 0.3) is 0 Å². The van der Waals surface area contributed by atoms with Crippen LogP contribution < -0.4 is 0 Å². The Bertz CT molecular complexity index is 237. The predicted octanol–water partition coefficient (Wildman–Crippen LogP) is 0.707. The Labute approximate surface area is 106 Å². The summed E-state index contributed by atoms with van der Waals surface area (Å²) in [6.07, 6.45) is 0.986. The molecule has 0 amide bonds. The van der Waals surface area contributed by atoms with Gasteiger partial charge in [-0.25, -0.2) is 0 Å². The molecule has 2 saturated heterocycles. The molecule has 2 heterocycles. The van der Waals surface area contributed by atoms with E-state index in [-0.39, 0.29) is 0 Å². The van der Waals surface area contributed by atoms with E-state index in [9.17, 15) is 5.11 Å². The van der Waals surface area contributed by atoms with Crippen molar-refractivity contribution < 1.29 is 9.59 Å². The van der Waals surface area contributed by atoms with Crippen molar-refractivity contribution in [2.75, 3.05) is 44.2 Å². The lowest BCUT2D eigenvalue weighted by molar-refractivity contribution is -0.942. The molecule has 2 aliphatic rings. The van der Waals surface area contributed by atoms with E-state index in [2.05, 4.69) is 34.5 Å². The number of nitrogens with zero attached hydrogens (tertiary/aromatic N) is 2. The van der Waals surface area contributed by atoms with Crippen LogP contribution in [0.2, 0.25) is 0 Å². The minimum atomic E-state index is -0.425. The van der Waals surface area contributed by atoms with Gasteiger partial charge in [-0.3, -0.25) is 4.90 Å². The number of hydrogen-bond donors (Lipinski definition) is 1. The van der Waals surface area contributed by atoms with E-state index in [0.717, 1.165) is 13.0 Å². The first-order valence-electron chi connectivity index (χ1n) is 5.80. The third-order valence-electron chi connectivity index (χ3n) is 4.14. The van der Waals surface area contributed by atoms with Crippen molar-refractivity contribution in [1.82, 2.24) is 4.90 Å². The van der Waals surface area contributed by atoms with E-state index in [1.165, 1.54) is 35.1 Å². The van der Waals surface area contributed by atoms with Gasteiger partial charge in [0.1, 0.15) is 18.2 Å². The molecule has 0 unspecified atom stereocenters. The minimum Gasteiger partial charge on any atom is -0.384 e. The van der Waals surface area contributed by atoms with Crippen LogP contribution in [0.3, 0.4) is 0 Å². The van der Waals surface area contributed by atoms with Crippen molar-refractivity contribution in [2.24, 2.45) is 0 Å². The van der Waals surface area contributed by atoms with Gasteiger partial charge < -0.3 is 9.59 Å². The van der Waals surface area contributed by atoms with Gasteiger partial charge in [-0.15, -0.1) is 0 Å². The van der Waals surface area contributed by atoms with Gasteiger partial charge in [-0.2, -0.15) is 0 Å². The fraction of sp³-hybridized carbons (Fsp3) is 1.00. The Morgan fingerprint density at radius 3 is 2.60 bits per heavy atom. The molecule has 2 atom stereocenters. The summed E-state index contributed by atoms with van der Waals surface area (Å²) in [4.78, 5) is 2.40. The molecule has 1 spiro atoms. The van der Waals surface area contributed by atoms with Crippen LogP contribution in [0.1, 0.15) is 13.3 Å². The quantitative estimate of drug-likeness (QED) is 0.436. The lowest BCUT2D eigenvalue weighted by Crippen LogP contribution is -2.62. The minimum absolute atomic E-state index is 0.425. The number of hydrogen-bond acceptors (Lipinski definition) is 2. The van der Waals surface area contributed by atoms with Crippen molar-refractivity contribution in [3.05, 3.63) is 0 Å². The largest absolute Gasteiger partial charge is 0.384 e. The molecule has 0 aliphatic carbocycles. The first kappa shape index (κ1) is 12.1. The second kappa shape index (κ2) is 4.13. The lowest BCUT2D eigenvalue weighted by atomic mass is 10.0. The van der Waals surface area contributed by atoms with Crippen LogP contribution in [0.25, 0.3) is 0 Å². The molecule has 0 aromatic heterocycles. The summed E-state index contributed by atoms with van der Waals surface area (Å²) in [5, 5.41) is 10.2.